The molecule has 0 aromatic heterocycles. The third kappa shape index (κ3) is 6.09. The third-order valence-corrected chi connectivity index (χ3v) is 4.86. The second-order valence-corrected chi connectivity index (χ2v) is 7.13. The molecule has 3 rings (SSSR count). The van der Waals surface area contributed by atoms with Crippen molar-refractivity contribution in [2.75, 3.05) is 12.4 Å². The summed E-state index contributed by atoms with van der Waals surface area (Å²) in [5, 5.41) is 23.2. The fourth-order valence-electron chi connectivity index (χ4n) is 2.84. The molecule has 33 heavy (non-hydrogen) atoms. The number of carbonyl (C=O) groups excluding carboxylic acids is 1. The summed E-state index contributed by atoms with van der Waals surface area (Å²) in [4.78, 5) is 22.8. The first-order valence-corrected chi connectivity index (χ1v) is 10.0. The van der Waals surface area contributed by atoms with Gasteiger partial charge in [0, 0.05) is 12.1 Å². The molecule has 0 unspecified atom stereocenters. The van der Waals surface area contributed by atoms with Crippen molar-refractivity contribution in [3.8, 4) is 17.6 Å². The van der Waals surface area contributed by atoms with Crippen molar-refractivity contribution < 1.29 is 19.2 Å². The molecule has 9 heteroatoms. The van der Waals surface area contributed by atoms with Crippen LogP contribution in [0.3, 0.4) is 0 Å². The largest absolute Gasteiger partial charge is 0.493 e. The van der Waals surface area contributed by atoms with Crippen molar-refractivity contribution in [2.24, 2.45) is 0 Å². The summed E-state index contributed by atoms with van der Waals surface area (Å²) in [5.74, 6) is 0.240. The smallest absolute Gasteiger partial charge is 0.269 e. The molecule has 1 amide bonds. The summed E-state index contributed by atoms with van der Waals surface area (Å²) in [6.07, 6.45) is 1.43. The SMILES string of the molecule is COc1cc(/C=C(\C#N)C(=O)Nc2ccccc2Cl)ccc1OCc1ccc([N+](=O)[O-])cc1. The first-order valence-electron chi connectivity index (χ1n) is 9.63. The molecule has 0 radical (unpaired) electrons. The average molecular weight is 464 g/mol. The molecule has 8 nitrogen and oxygen atoms in total. The first-order chi connectivity index (χ1) is 15.9. The molecule has 0 spiro atoms. The van der Waals surface area contributed by atoms with Gasteiger partial charge in [0.05, 0.1) is 22.7 Å². The monoisotopic (exact) mass is 463 g/mol. The van der Waals surface area contributed by atoms with Crippen LogP contribution in [-0.2, 0) is 11.4 Å². The number of hydrogen-bond donors (Lipinski definition) is 1. The Morgan fingerprint density at radius 3 is 2.52 bits per heavy atom. The number of nitriles is 1. The number of hydrogen-bond acceptors (Lipinski definition) is 6. The molecule has 0 saturated heterocycles. The van der Waals surface area contributed by atoms with Gasteiger partial charge in [-0.3, -0.25) is 14.9 Å². The fourth-order valence-corrected chi connectivity index (χ4v) is 3.02. The van der Waals surface area contributed by atoms with Crippen LogP contribution in [0.4, 0.5) is 11.4 Å². The van der Waals surface area contributed by atoms with Crippen molar-refractivity contribution in [1.82, 2.24) is 0 Å². The number of nitrogens with one attached hydrogen (secondary N) is 1. The van der Waals surface area contributed by atoms with Gasteiger partial charge in [0.15, 0.2) is 11.5 Å². The molecule has 1 N–H and O–H groups in total. The van der Waals surface area contributed by atoms with Gasteiger partial charge in [-0.05, 0) is 53.6 Å². The second-order valence-electron chi connectivity index (χ2n) is 6.73. The average Bonchev–Trinajstić information content (AvgIpc) is 2.83. The molecule has 166 valence electrons. The van der Waals surface area contributed by atoms with Crippen LogP contribution in [0, 0.1) is 21.4 Å². The van der Waals surface area contributed by atoms with Gasteiger partial charge in [0.25, 0.3) is 11.6 Å². The third-order valence-electron chi connectivity index (χ3n) is 4.53. The van der Waals surface area contributed by atoms with Crippen molar-refractivity contribution in [2.45, 2.75) is 6.61 Å². The van der Waals surface area contributed by atoms with Gasteiger partial charge in [0.1, 0.15) is 18.2 Å². The van der Waals surface area contributed by atoms with E-state index in [1.54, 1.807) is 54.6 Å². The van der Waals surface area contributed by atoms with Gasteiger partial charge in [-0.2, -0.15) is 5.26 Å². The van der Waals surface area contributed by atoms with Crippen LogP contribution in [0.1, 0.15) is 11.1 Å². The summed E-state index contributed by atoms with van der Waals surface area (Å²) in [6.45, 7) is 0.174. The van der Waals surface area contributed by atoms with Crippen LogP contribution >= 0.6 is 11.6 Å². The topological polar surface area (TPSA) is 114 Å². The van der Waals surface area contributed by atoms with Crippen LogP contribution in [0.5, 0.6) is 11.5 Å². The molecule has 3 aromatic rings. The number of carbonyl (C=O) groups is 1. The van der Waals surface area contributed by atoms with Crippen LogP contribution in [0.15, 0.2) is 72.3 Å². The van der Waals surface area contributed by atoms with E-state index in [0.29, 0.717) is 27.8 Å². The van der Waals surface area contributed by atoms with E-state index in [9.17, 15) is 20.2 Å². The zero-order valence-corrected chi connectivity index (χ0v) is 18.2. The number of benzene rings is 3. The summed E-state index contributed by atoms with van der Waals surface area (Å²) < 4.78 is 11.1. The van der Waals surface area contributed by atoms with Crippen molar-refractivity contribution >= 4 is 35.0 Å². The molecule has 0 saturated carbocycles. The summed E-state index contributed by atoms with van der Waals surface area (Å²) in [5.41, 5.74) is 1.59. The lowest BCUT2D eigenvalue weighted by molar-refractivity contribution is -0.384. The molecule has 0 aliphatic rings. The standard InChI is InChI=1S/C24H18ClN3O5/c1-32-23-13-17(12-18(14-26)24(29)27-21-5-3-2-4-20(21)25)8-11-22(23)33-15-16-6-9-19(10-7-16)28(30)31/h2-13H,15H2,1H3,(H,27,29)/b18-12+. The Balaban J connectivity index is 1.74. The maximum atomic E-state index is 12.5. The number of nitro groups is 1. The lowest BCUT2D eigenvalue weighted by Gasteiger charge is -2.12. The maximum absolute atomic E-state index is 12.5. The van der Waals surface area contributed by atoms with E-state index < -0.39 is 10.8 Å². The second kappa shape index (κ2) is 10.8. The van der Waals surface area contributed by atoms with Crippen molar-refractivity contribution in [1.29, 1.82) is 5.26 Å². The van der Waals surface area contributed by atoms with Gasteiger partial charge in [-0.1, -0.05) is 29.8 Å². The first kappa shape index (κ1) is 23.3. The fraction of sp³-hybridized carbons (Fsp3) is 0.0833. The number of para-hydroxylation sites is 1. The van der Waals surface area contributed by atoms with E-state index in [2.05, 4.69) is 5.32 Å². The van der Waals surface area contributed by atoms with Gasteiger partial charge in [-0.15, -0.1) is 0 Å². The van der Waals surface area contributed by atoms with E-state index >= 15 is 0 Å². The van der Waals surface area contributed by atoms with Crippen LogP contribution < -0.4 is 14.8 Å². The Labute approximate surface area is 194 Å². The minimum absolute atomic E-state index is 0.000611. The summed E-state index contributed by atoms with van der Waals surface area (Å²) in [6, 6.07) is 19.6. The molecule has 0 atom stereocenters. The minimum Gasteiger partial charge on any atom is -0.493 e. The molecule has 3 aromatic carbocycles. The minimum atomic E-state index is -0.594. The van der Waals surface area contributed by atoms with Gasteiger partial charge in [0.2, 0.25) is 0 Å². The number of ether oxygens (including phenoxy) is 2. The molecule has 0 heterocycles. The lowest BCUT2D eigenvalue weighted by atomic mass is 10.1. The number of non-ortho nitro benzene ring substituents is 1. The number of anilines is 1. The number of halogens is 1. The quantitative estimate of drug-likeness (QED) is 0.207. The van der Waals surface area contributed by atoms with E-state index in [0.717, 1.165) is 5.56 Å². The Hall–Kier alpha value is -4.35. The molecule has 0 aliphatic heterocycles. The predicted octanol–water partition coefficient (Wildman–Crippen LogP) is 5.38. The van der Waals surface area contributed by atoms with Crippen LogP contribution in [-0.4, -0.2) is 17.9 Å². The Morgan fingerprint density at radius 1 is 1.15 bits per heavy atom. The normalized spacial score (nSPS) is 10.8. The number of nitrogens with zero attached hydrogens (tertiary/aromatic N) is 2. The highest BCUT2D eigenvalue weighted by Gasteiger charge is 2.13. The number of methoxy groups -OCH3 is 1. The van der Waals surface area contributed by atoms with Crippen LogP contribution in [0.2, 0.25) is 5.02 Å². The maximum Gasteiger partial charge on any atom is 0.269 e. The zero-order valence-electron chi connectivity index (χ0n) is 17.4. The highest BCUT2D eigenvalue weighted by molar-refractivity contribution is 6.34. The number of amides is 1. The molecular weight excluding hydrogens is 446 g/mol. The van der Waals surface area contributed by atoms with Crippen LogP contribution in [0.25, 0.3) is 6.08 Å². The van der Waals surface area contributed by atoms with Gasteiger partial charge < -0.3 is 14.8 Å². The lowest BCUT2D eigenvalue weighted by Crippen LogP contribution is -2.13. The van der Waals surface area contributed by atoms with E-state index in [4.69, 9.17) is 21.1 Å². The molecular formula is C24H18ClN3O5. The zero-order chi connectivity index (χ0) is 23.8. The Kier molecular flexibility index (Phi) is 7.63. The molecule has 0 fully saturated rings. The van der Waals surface area contributed by atoms with E-state index in [1.165, 1.54) is 25.3 Å². The number of rotatable bonds is 8. The molecule has 0 bridgehead atoms. The number of nitro benzene ring substituents is 1. The van der Waals surface area contributed by atoms with Crippen molar-refractivity contribution in [3.63, 3.8) is 0 Å². The van der Waals surface area contributed by atoms with Crippen molar-refractivity contribution in [3.05, 3.63) is 98.6 Å². The highest BCUT2D eigenvalue weighted by atomic mass is 35.5. The summed E-state index contributed by atoms with van der Waals surface area (Å²) >= 11 is 6.05. The predicted molar refractivity (Wildman–Crippen MR) is 124 cm³/mol. The summed E-state index contributed by atoms with van der Waals surface area (Å²) in [7, 11) is 1.47. The Bertz CT molecular complexity index is 1250. The van der Waals surface area contributed by atoms with Gasteiger partial charge in [-0.25, -0.2) is 0 Å². The molecule has 0 aliphatic carbocycles. The highest BCUT2D eigenvalue weighted by Crippen LogP contribution is 2.30. The van der Waals surface area contributed by atoms with E-state index in [-0.39, 0.29) is 17.9 Å². The Morgan fingerprint density at radius 2 is 1.88 bits per heavy atom. The van der Waals surface area contributed by atoms with Gasteiger partial charge >= 0.3 is 0 Å². The van der Waals surface area contributed by atoms with E-state index in [1.807, 2.05) is 6.07 Å².